The summed E-state index contributed by atoms with van der Waals surface area (Å²) >= 11 is 6.34. The van der Waals surface area contributed by atoms with Gasteiger partial charge in [0.25, 0.3) is 11.1 Å². The zero-order chi connectivity index (χ0) is 18.0. The molecule has 0 aromatic carbocycles. The van der Waals surface area contributed by atoms with Crippen LogP contribution >= 0.6 is 11.6 Å². The summed E-state index contributed by atoms with van der Waals surface area (Å²) in [7, 11) is 0. The van der Waals surface area contributed by atoms with Gasteiger partial charge in [0.15, 0.2) is 0 Å². The standard InChI is InChI=1S/C18H23ClN4O2/c1-3-7-12(19)14(4-2)23-18(25)17-13(21-23)10-16(24)22-9-6-5-8-20-11-15(17)22/h3,7,10,20-21H,4-6,8-9,11H2,1-2H3/b7-3-,14-12-. The molecule has 0 saturated carbocycles. The number of nitrogens with zero attached hydrogens (tertiary/aromatic N) is 2. The average molecular weight is 363 g/mol. The lowest BCUT2D eigenvalue weighted by Gasteiger charge is -2.17. The molecule has 0 amide bonds. The molecule has 0 fully saturated rings. The molecule has 3 heterocycles. The molecular formula is C18H23ClN4O2. The first-order valence-corrected chi connectivity index (χ1v) is 9.06. The molecule has 7 heteroatoms. The van der Waals surface area contributed by atoms with E-state index in [0.29, 0.717) is 41.1 Å². The maximum absolute atomic E-state index is 13.1. The van der Waals surface area contributed by atoms with E-state index in [1.54, 1.807) is 10.6 Å². The van der Waals surface area contributed by atoms with E-state index in [9.17, 15) is 9.59 Å². The highest BCUT2D eigenvalue weighted by atomic mass is 35.5. The number of halogens is 1. The first-order valence-electron chi connectivity index (χ1n) is 8.68. The summed E-state index contributed by atoms with van der Waals surface area (Å²) in [4.78, 5) is 25.6. The lowest BCUT2D eigenvalue weighted by Crippen LogP contribution is -2.31. The van der Waals surface area contributed by atoms with Gasteiger partial charge < -0.3 is 9.88 Å². The first kappa shape index (κ1) is 17.8. The summed E-state index contributed by atoms with van der Waals surface area (Å²) < 4.78 is 3.18. The average Bonchev–Trinajstić information content (AvgIpc) is 2.85. The molecule has 0 radical (unpaired) electrons. The number of hydrogen-bond donors (Lipinski definition) is 2. The van der Waals surface area contributed by atoms with Gasteiger partial charge in [0.1, 0.15) is 0 Å². The van der Waals surface area contributed by atoms with Crippen molar-refractivity contribution in [2.75, 3.05) is 6.54 Å². The normalized spacial score (nSPS) is 16.6. The summed E-state index contributed by atoms with van der Waals surface area (Å²) in [5, 5.41) is 7.45. The lowest BCUT2D eigenvalue weighted by molar-refractivity contribution is 0.502. The van der Waals surface area contributed by atoms with Crippen LogP contribution in [-0.4, -0.2) is 20.9 Å². The molecular weight excluding hydrogens is 340 g/mol. The number of aromatic amines is 1. The topological polar surface area (TPSA) is 71.8 Å². The van der Waals surface area contributed by atoms with Crippen molar-refractivity contribution in [3.8, 4) is 0 Å². The van der Waals surface area contributed by atoms with Crippen LogP contribution in [0.3, 0.4) is 0 Å². The molecule has 0 unspecified atom stereocenters. The second kappa shape index (κ2) is 7.45. The Kier molecular flexibility index (Phi) is 5.30. The molecule has 3 rings (SSSR count). The maximum Gasteiger partial charge on any atom is 0.280 e. The number of rotatable bonds is 3. The predicted molar refractivity (Wildman–Crippen MR) is 102 cm³/mol. The Morgan fingerprint density at radius 3 is 2.88 bits per heavy atom. The van der Waals surface area contributed by atoms with Crippen molar-refractivity contribution in [2.24, 2.45) is 0 Å². The Hall–Kier alpha value is -2.05. The van der Waals surface area contributed by atoms with Crippen molar-refractivity contribution >= 4 is 28.2 Å². The van der Waals surface area contributed by atoms with Gasteiger partial charge >= 0.3 is 0 Å². The minimum atomic E-state index is -0.166. The van der Waals surface area contributed by atoms with Crippen molar-refractivity contribution in [3.63, 3.8) is 0 Å². The number of aromatic nitrogens is 3. The highest BCUT2D eigenvalue weighted by Crippen LogP contribution is 2.21. The van der Waals surface area contributed by atoms with E-state index < -0.39 is 0 Å². The van der Waals surface area contributed by atoms with Gasteiger partial charge in [0.2, 0.25) is 0 Å². The molecule has 6 nitrogen and oxygen atoms in total. The number of H-pyrrole nitrogens is 1. The van der Waals surface area contributed by atoms with Crippen molar-refractivity contribution < 1.29 is 0 Å². The van der Waals surface area contributed by atoms with Crippen molar-refractivity contribution in [1.82, 2.24) is 19.7 Å². The van der Waals surface area contributed by atoms with Crippen LogP contribution in [0.25, 0.3) is 16.6 Å². The van der Waals surface area contributed by atoms with Crippen LogP contribution in [0.1, 0.15) is 38.8 Å². The fourth-order valence-corrected chi connectivity index (χ4v) is 3.67. The van der Waals surface area contributed by atoms with Crippen molar-refractivity contribution in [3.05, 3.63) is 49.7 Å². The van der Waals surface area contributed by atoms with Crippen LogP contribution in [0.15, 0.2) is 32.8 Å². The monoisotopic (exact) mass is 362 g/mol. The number of allylic oxidation sites excluding steroid dienone is 4. The second-order valence-electron chi connectivity index (χ2n) is 6.15. The quantitative estimate of drug-likeness (QED) is 0.825. The van der Waals surface area contributed by atoms with E-state index in [0.717, 1.165) is 25.1 Å². The predicted octanol–water partition coefficient (Wildman–Crippen LogP) is 2.77. The summed E-state index contributed by atoms with van der Waals surface area (Å²) in [5.41, 5.74) is 1.74. The molecule has 1 aliphatic heterocycles. The molecule has 2 N–H and O–H groups in total. The molecule has 0 saturated heterocycles. The van der Waals surface area contributed by atoms with Crippen LogP contribution in [-0.2, 0) is 13.1 Å². The molecule has 134 valence electrons. The molecule has 1 aliphatic rings. The van der Waals surface area contributed by atoms with E-state index >= 15 is 0 Å². The molecule has 0 aliphatic carbocycles. The van der Waals surface area contributed by atoms with Crippen LogP contribution < -0.4 is 16.4 Å². The number of fused-ring (bicyclic) bond motifs is 3. The Balaban J connectivity index is 2.31. The Morgan fingerprint density at radius 1 is 1.36 bits per heavy atom. The number of hydrogen-bond acceptors (Lipinski definition) is 3. The zero-order valence-electron chi connectivity index (χ0n) is 14.6. The fraction of sp³-hybridized carbons (Fsp3) is 0.444. The van der Waals surface area contributed by atoms with Gasteiger partial charge in [-0.25, -0.2) is 4.68 Å². The molecule has 2 aromatic heterocycles. The zero-order valence-corrected chi connectivity index (χ0v) is 15.3. The third-order valence-electron chi connectivity index (χ3n) is 4.54. The molecule has 25 heavy (non-hydrogen) atoms. The molecule has 0 atom stereocenters. The molecule has 2 aromatic rings. The minimum absolute atomic E-state index is 0.0822. The van der Waals surface area contributed by atoms with E-state index in [1.165, 1.54) is 10.7 Å². The first-order chi connectivity index (χ1) is 12.1. The summed E-state index contributed by atoms with van der Waals surface area (Å²) in [5.74, 6) is 0. The highest BCUT2D eigenvalue weighted by molar-refractivity contribution is 6.33. The van der Waals surface area contributed by atoms with Crippen LogP contribution in [0.2, 0.25) is 0 Å². The van der Waals surface area contributed by atoms with Gasteiger partial charge in [-0.15, -0.1) is 0 Å². The van der Waals surface area contributed by atoms with E-state index in [-0.39, 0.29) is 11.1 Å². The van der Waals surface area contributed by atoms with E-state index in [2.05, 4.69) is 10.4 Å². The fourth-order valence-electron chi connectivity index (χ4n) is 3.33. The van der Waals surface area contributed by atoms with Crippen LogP contribution in [0.4, 0.5) is 0 Å². The smallest absolute Gasteiger partial charge is 0.280 e. The van der Waals surface area contributed by atoms with Crippen LogP contribution in [0.5, 0.6) is 0 Å². The maximum atomic E-state index is 13.1. The summed E-state index contributed by atoms with van der Waals surface area (Å²) in [6.45, 7) is 5.85. The third-order valence-corrected chi connectivity index (χ3v) is 4.88. The highest BCUT2D eigenvalue weighted by Gasteiger charge is 2.19. The van der Waals surface area contributed by atoms with Gasteiger partial charge in [-0.3, -0.25) is 14.7 Å². The van der Waals surface area contributed by atoms with Gasteiger partial charge in [0, 0.05) is 24.8 Å². The minimum Gasteiger partial charge on any atom is -0.311 e. The van der Waals surface area contributed by atoms with Crippen LogP contribution in [0, 0.1) is 0 Å². The van der Waals surface area contributed by atoms with Gasteiger partial charge in [-0.2, -0.15) is 0 Å². The summed E-state index contributed by atoms with van der Waals surface area (Å²) in [6.07, 6.45) is 6.11. The molecule has 0 spiro atoms. The van der Waals surface area contributed by atoms with E-state index in [1.807, 2.05) is 19.9 Å². The van der Waals surface area contributed by atoms with Gasteiger partial charge in [-0.1, -0.05) is 24.6 Å². The number of nitrogens with one attached hydrogen (secondary N) is 2. The Morgan fingerprint density at radius 2 is 2.16 bits per heavy atom. The van der Waals surface area contributed by atoms with Gasteiger partial charge in [0.05, 0.1) is 21.6 Å². The Bertz CT molecular complexity index is 962. The van der Waals surface area contributed by atoms with E-state index in [4.69, 9.17) is 11.6 Å². The largest absolute Gasteiger partial charge is 0.311 e. The second-order valence-corrected chi connectivity index (χ2v) is 6.56. The van der Waals surface area contributed by atoms with Crippen molar-refractivity contribution in [1.29, 1.82) is 0 Å². The lowest BCUT2D eigenvalue weighted by atomic mass is 10.1. The molecule has 0 bridgehead atoms. The third kappa shape index (κ3) is 3.24. The Labute approximate surface area is 150 Å². The SMILES string of the molecule is C/C=C\C(Cl)=C(/CC)n1[nH]c2cc(=O)n3c(c2c1=O)CNCCCC3. The van der Waals surface area contributed by atoms with Crippen molar-refractivity contribution in [2.45, 2.75) is 46.2 Å². The summed E-state index contributed by atoms with van der Waals surface area (Å²) in [6, 6.07) is 1.51. The number of pyridine rings is 1. The van der Waals surface area contributed by atoms with Gasteiger partial charge in [-0.05, 0) is 38.8 Å².